The summed E-state index contributed by atoms with van der Waals surface area (Å²) in [5.41, 5.74) is 16.0. The number of fused-ring (bicyclic) bond motifs is 8. The third-order valence-corrected chi connectivity index (χ3v) is 8.65. The van der Waals surface area contributed by atoms with Crippen molar-refractivity contribution in [3.63, 3.8) is 0 Å². The fourth-order valence-electron chi connectivity index (χ4n) is 6.27. The molecule has 1 unspecified atom stereocenters. The molecule has 8 bridgehead atoms. The number of aliphatic hydroxyl groups is 1. The lowest BCUT2D eigenvalue weighted by molar-refractivity contribution is -0.140. The first-order valence-electron chi connectivity index (χ1n) is 14.5. The summed E-state index contributed by atoms with van der Waals surface area (Å²) in [7, 11) is 1.42. The molecule has 7 heteroatoms. The van der Waals surface area contributed by atoms with Crippen molar-refractivity contribution in [1.82, 2.24) is 19.9 Å². The molecule has 0 radical (unpaired) electrons. The Morgan fingerprint density at radius 1 is 0.805 bits per heavy atom. The highest BCUT2D eigenvalue weighted by Gasteiger charge is 2.21. The molecular weight excluding hydrogens is 512 g/mol. The Morgan fingerprint density at radius 2 is 1.34 bits per heavy atom. The number of aryl methyl sites for hydroxylation is 3. The summed E-state index contributed by atoms with van der Waals surface area (Å²) in [6, 6.07) is 8.38. The second-order valence-corrected chi connectivity index (χ2v) is 11.1. The monoisotopic (exact) mass is 552 g/mol. The minimum absolute atomic E-state index is 0.243. The SMILES string of the molecule is CCC1=C(C)c2cc3[nH]c(cc4nc(cc5[nH]c(cc1n2)c(C)c5CC)C(CCC(=O)OC)=C4C)c(C)c3C(C)O. The molecule has 0 aromatic carbocycles. The zero-order valence-electron chi connectivity index (χ0n) is 25.4. The number of rotatable bonds is 6. The number of aromatic nitrogens is 4. The summed E-state index contributed by atoms with van der Waals surface area (Å²) in [6.07, 6.45) is 1.90. The van der Waals surface area contributed by atoms with E-state index in [1.807, 2.05) is 13.0 Å². The number of hydrogen-bond donors (Lipinski definition) is 3. The Hall–Kier alpha value is -3.97. The summed E-state index contributed by atoms with van der Waals surface area (Å²) >= 11 is 0. The molecule has 2 aliphatic rings. The average molecular weight is 553 g/mol. The van der Waals surface area contributed by atoms with E-state index >= 15 is 0 Å². The summed E-state index contributed by atoms with van der Waals surface area (Å²) in [6.45, 7) is 14.5. The van der Waals surface area contributed by atoms with Gasteiger partial charge in [-0.25, -0.2) is 9.97 Å². The standard InChI is InChI=1S/C34H40N4O3/c1-9-22-18(4)27-15-32-34(21(7)39)20(6)28(38-32)13-25-19(5)24(11-12-33(40)41-8)31(37-25)16-30-23(10-2)17(3)26(35-30)14-29(22)36-27/h13-16,21,35,38-39H,9-12H2,1-8H3. The van der Waals surface area contributed by atoms with Crippen LogP contribution in [0.3, 0.4) is 0 Å². The molecule has 0 fully saturated rings. The van der Waals surface area contributed by atoms with Gasteiger partial charge in [-0.15, -0.1) is 0 Å². The van der Waals surface area contributed by atoms with Crippen molar-refractivity contribution >= 4 is 50.3 Å². The average Bonchev–Trinajstić information content (AvgIpc) is 3.60. The van der Waals surface area contributed by atoms with Gasteiger partial charge in [-0.05, 0) is 117 Å². The van der Waals surface area contributed by atoms with Crippen LogP contribution in [0.4, 0.5) is 0 Å². The molecule has 0 spiro atoms. The van der Waals surface area contributed by atoms with E-state index in [1.54, 1.807) is 6.92 Å². The number of nitrogens with one attached hydrogen (secondary N) is 2. The highest BCUT2D eigenvalue weighted by Crippen LogP contribution is 2.37. The first-order chi connectivity index (χ1) is 19.6. The van der Waals surface area contributed by atoms with E-state index in [9.17, 15) is 9.90 Å². The topological polar surface area (TPSA) is 104 Å². The van der Waals surface area contributed by atoms with Gasteiger partial charge < -0.3 is 19.8 Å². The summed E-state index contributed by atoms with van der Waals surface area (Å²) in [5.74, 6) is -0.243. The summed E-state index contributed by atoms with van der Waals surface area (Å²) < 4.78 is 4.94. The van der Waals surface area contributed by atoms with Gasteiger partial charge in [0.05, 0.1) is 36.0 Å². The van der Waals surface area contributed by atoms with Crippen molar-refractivity contribution < 1.29 is 14.6 Å². The highest BCUT2D eigenvalue weighted by molar-refractivity contribution is 5.95. The Labute approximate surface area is 241 Å². The minimum Gasteiger partial charge on any atom is -0.469 e. The second kappa shape index (κ2) is 11.1. The lowest BCUT2D eigenvalue weighted by Gasteiger charge is -2.04. The van der Waals surface area contributed by atoms with E-state index in [4.69, 9.17) is 14.7 Å². The van der Waals surface area contributed by atoms with E-state index in [0.29, 0.717) is 6.42 Å². The molecule has 5 heterocycles. The normalized spacial score (nSPS) is 14.2. The van der Waals surface area contributed by atoms with E-state index in [1.165, 1.54) is 23.8 Å². The second-order valence-electron chi connectivity index (χ2n) is 11.1. The molecule has 5 rings (SSSR count). The fourth-order valence-corrected chi connectivity index (χ4v) is 6.27. The first-order valence-corrected chi connectivity index (χ1v) is 14.5. The van der Waals surface area contributed by atoms with Crippen LogP contribution >= 0.6 is 0 Å². The smallest absolute Gasteiger partial charge is 0.305 e. The van der Waals surface area contributed by atoms with Gasteiger partial charge in [0.15, 0.2) is 0 Å². The number of carbonyl (C=O) groups is 1. The molecule has 0 amide bonds. The van der Waals surface area contributed by atoms with E-state index in [2.05, 4.69) is 62.8 Å². The first kappa shape index (κ1) is 28.6. The number of hydrogen-bond acceptors (Lipinski definition) is 5. The molecule has 3 N–H and O–H groups in total. The molecule has 3 aromatic rings. The van der Waals surface area contributed by atoms with Crippen LogP contribution in [-0.4, -0.2) is 38.1 Å². The van der Waals surface area contributed by atoms with Crippen LogP contribution in [0.25, 0.3) is 44.4 Å². The van der Waals surface area contributed by atoms with Crippen molar-refractivity contribution in [2.75, 3.05) is 7.11 Å². The van der Waals surface area contributed by atoms with Gasteiger partial charge in [0.25, 0.3) is 0 Å². The lowest BCUT2D eigenvalue weighted by atomic mass is 10.0. The maximum Gasteiger partial charge on any atom is 0.305 e. The fraction of sp³-hybridized carbons (Fsp3) is 0.382. The van der Waals surface area contributed by atoms with Gasteiger partial charge in [0.1, 0.15) is 0 Å². The predicted octanol–water partition coefficient (Wildman–Crippen LogP) is 7.77. The maximum atomic E-state index is 12.1. The van der Waals surface area contributed by atoms with E-state index in [-0.39, 0.29) is 12.4 Å². The summed E-state index contributed by atoms with van der Waals surface area (Å²) in [5, 5.41) is 10.8. The molecule has 41 heavy (non-hydrogen) atoms. The number of H-pyrrole nitrogens is 2. The van der Waals surface area contributed by atoms with Crippen LogP contribution in [0.15, 0.2) is 24.3 Å². The number of aliphatic hydroxyl groups excluding tert-OH is 1. The number of esters is 1. The molecule has 214 valence electrons. The van der Waals surface area contributed by atoms with Gasteiger partial charge >= 0.3 is 5.97 Å². The van der Waals surface area contributed by atoms with E-state index < -0.39 is 6.10 Å². The predicted molar refractivity (Wildman–Crippen MR) is 167 cm³/mol. The van der Waals surface area contributed by atoms with Crippen molar-refractivity contribution in [3.05, 3.63) is 69.3 Å². The zero-order chi connectivity index (χ0) is 29.6. The molecule has 0 saturated carbocycles. The molecule has 3 aromatic heterocycles. The van der Waals surface area contributed by atoms with Gasteiger partial charge in [0, 0.05) is 34.1 Å². The quantitative estimate of drug-likeness (QED) is 0.271. The molecule has 2 aliphatic heterocycles. The zero-order valence-corrected chi connectivity index (χ0v) is 25.4. The maximum absolute atomic E-state index is 12.1. The highest BCUT2D eigenvalue weighted by atomic mass is 16.5. The van der Waals surface area contributed by atoms with Crippen molar-refractivity contribution in [3.8, 4) is 0 Å². The number of nitrogens with zero attached hydrogens (tertiary/aromatic N) is 2. The van der Waals surface area contributed by atoms with Gasteiger partial charge in [-0.3, -0.25) is 4.79 Å². The van der Waals surface area contributed by atoms with Gasteiger partial charge in [-0.1, -0.05) is 13.8 Å². The largest absolute Gasteiger partial charge is 0.469 e. The number of carbonyl (C=O) groups excluding carboxylic acids is 1. The van der Waals surface area contributed by atoms with Crippen molar-refractivity contribution in [1.29, 1.82) is 0 Å². The van der Waals surface area contributed by atoms with Crippen LogP contribution in [0, 0.1) is 13.8 Å². The number of methoxy groups -OCH3 is 1. The third kappa shape index (κ3) is 5.04. The number of allylic oxidation sites excluding steroid dienone is 4. The Morgan fingerprint density at radius 3 is 1.95 bits per heavy atom. The Bertz CT molecular complexity index is 1780. The van der Waals surface area contributed by atoms with Crippen molar-refractivity contribution in [2.45, 2.75) is 80.3 Å². The molecule has 0 saturated heterocycles. The van der Waals surface area contributed by atoms with Crippen LogP contribution in [0.5, 0.6) is 0 Å². The van der Waals surface area contributed by atoms with Crippen molar-refractivity contribution in [2.24, 2.45) is 0 Å². The molecule has 1 atom stereocenters. The van der Waals surface area contributed by atoms with Crippen LogP contribution in [-0.2, 0) is 16.0 Å². The Kier molecular flexibility index (Phi) is 7.75. The van der Waals surface area contributed by atoms with Crippen LogP contribution in [0.1, 0.15) is 105 Å². The molecular formula is C34H40N4O3. The molecule has 0 aliphatic carbocycles. The van der Waals surface area contributed by atoms with Gasteiger partial charge in [-0.2, -0.15) is 0 Å². The minimum atomic E-state index is -0.658. The number of aromatic amines is 2. The summed E-state index contributed by atoms with van der Waals surface area (Å²) in [4.78, 5) is 29.5. The Balaban J connectivity index is 1.93. The lowest BCUT2D eigenvalue weighted by Crippen LogP contribution is -2.00. The third-order valence-electron chi connectivity index (χ3n) is 8.65. The van der Waals surface area contributed by atoms with Crippen LogP contribution < -0.4 is 0 Å². The van der Waals surface area contributed by atoms with E-state index in [0.717, 1.165) is 85.5 Å². The van der Waals surface area contributed by atoms with Crippen LogP contribution in [0.2, 0.25) is 0 Å². The van der Waals surface area contributed by atoms with Gasteiger partial charge in [0.2, 0.25) is 0 Å². The molecule has 7 nitrogen and oxygen atoms in total. The number of ether oxygens (including phenoxy) is 1.